The van der Waals surface area contributed by atoms with E-state index in [1.54, 1.807) is 30.4 Å². The molecule has 1 amide bonds. The summed E-state index contributed by atoms with van der Waals surface area (Å²) in [4.78, 5) is 28.3. The molecule has 3 heterocycles. The smallest absolute Gasteiger partial charge is 0.326 e. The van der Waals surface area contributed by atoms with Crippen molar-refractivity contribution in [3.63, 3.8) is 0 Å². The third-order valence-corrected chi connectivity index (χ3v) is 4.19. The molecule has 27 heavy (non-hydrogen) atoms. The number of hydrogen-bond acceptors (Lipinski definition) is 5. The number of hydrogen-bond donors (Lipinski definition) is 2. The number of nitrogens with one attached hydrogen (secondary N) is 1. The highest BCUT2D eigenvalue weighted by atomic mass is 35.5. The minimum Gasteiger partial charge on any atom is -0.490 e. The number of pyridine rings is 1. The summed E-state index contributed by atoms with van der Waals surface area (Å²) in [6.45, 7) is 0.593. The number of aliphatic carboxylic acids is 1. The number of carboxylic acids is 1. The van der Waals surface area contributed by atoms with E-state index in [-0.39, 0.29) is 23.6 Å². The van der Waals surface area contributed by atoms with Gasteiger partial charge in [0.1, 0.15) is 25.0 Å². The molecule has 0 unspecified atom stereocenters. The Morgan fingerprint density at radius 1 is 1.19 bits per heavy atom. The molecule has 4 rings (SSSR count). The van der Waals surface area contributed by atoms with Crippen LogP contribution in [0, 0.1) is 0 Å². The van der Waals surface area contributed by atoms with Crippen LogP contribution >= 0.6 is 11.6 Å². The van der Waals surface area contributed by atoms with E-state index in [1.807, 2.05) is 0 Å². The standard InChI is InChI=1S/C19H17ClN2O5/c20-15-5-4-13-10-14(15)18(23)22-16(19(24)25)9-12-3-6-17(21-11-12)27-8-2-1-7-26-13/h1-6,10-11,16H,7-9H2,(H,22,23)(H,24,25)/b2-1+/t16-/m0/s1. The van der Waals surface area contributed by atoms with Crippen LogP contribution in [-0.2, 0) is 11.2 Å². The third-order valence-electron chi connectivity index (χ3n) is 3.86. The SMILES string of the molecule is O=C1N[C@H](C(=O)O)Cc2ccc(nc2)OC/C=C/COc2ccc(Cl)c1c2. The predicted molar refractivity (Wildman–Crippen MR) is 98.4 cm³/mol. The molecule has 2 aliphatic rings. The van der Waals surface area contributed by atoms with E-state index >= 15 is 0 Å². The zero-order valence-corrected chi connectivity index (χ0v) is 15.0. The number of ether oxygens (including phenoxy) is 2. The molecule has 2 N–H and O–H groups in total. The van der Waals surface area contributed by atoms with E-state index in [0.717, 1.165) is 0 Å². The Morgan fingerprint density at radius 2 is 1.96 bits per heavy atom. The summed E-state index contributed by atoms with van der Waals surface area (Å²) in [7, 11) is 0. The van der Waals surface area contributed by atoms with E-state index in [2.05, 4.69) is 10.3 Å². The van der Waals surface area contributed by atoms with Crippen LogP contribution in [-0.4, -0.2) is 41.2 Å². The number of fused-ring (bicyclic) bond motifs is 9. The highest BCUT2D eigenvalue weighted by Gasteiger charge is 2.23. The Labute approximate surface area is 160 Å². The molecule has 0 fully saturated rings. The van der Waals surface area contributed by atoms with Gasteiger partial charge in [-0.05, 0) is 35.9 Å². The van der Waals surface area contributed by atoms with Crippen LogP contribution in [0.4, 0.5) is 0 Å². The monoisotopic (exact) mass is 388 g/mol. The van der Waals surface area contributed by atoms with Gasteiger partial charge in [0.2, 0.25) is 5.88 Å². The maximum Gasteiger partial charge on any atom is 0.326 e. The Hall–Kier alpha value is -3.06. The molecule has 0 spiro atoms. The third kappa shape index (κ3) is 4.98. The summed E-state index contributed by atoms with van der Waals surface area (Å²) < 4.78 is 11.0. The average Bonchev–Trinajstić information content (AvgIpc) is 2.65. The fourth-order valence-corrected chi connectivity index (χ4v) is 2.67. The minimum atomic E-state index is -1.16. The number of amides is 1. The van der Waals surface area contributed by atoms with Crippen LogP contribution in [0.5, 0.6) is 11.6 Å². The number of rotatable bonds is 1. The zero-order valence-electron chi connectivity index (χ0n) is 14.2. The van der Waals surface area contributed by atoms with Crippen molar-refractivity contribution in [3.05, 3.63) is 64.8 Å². The van der Waals surface area contributed by atoms with Crippen LogP contribution in [0.3, 0.4) is 0 Å². The van der Waals surface area contributed by atoms with E-state index in [1.165, 1.54) is 18.3 Å². The highest BCUT2D eigenvalue weighted by Crippen LogP contribution is 2.22. The molecule has 7 nitrogen and oxygen atoms in total. The molecular weight excluding hydrogens is 372 g/mol. The first-order valence-corrected chi connectivity index (χ1v) is 8.59. The molecular formula is C19H17ClN2O5. The van der Waals surface area contributed by atoms with Gasteiger partial charge in [-0.1, -0.05) is 17.7 Å². The van der Waals surface area contributed by atoms with Crippen LogP contribution in [0.15, 0.2) is 48.7 Å². The first kappa shape index (κ1) is 18.7. The Kier molecular flexibility index (Phi) is 5.93. The maximum absolute atomic E-state index is 12.6. The van der Waals surface area contributed by atoms with Gasteiger partial charge in [-0.2, -0.15) is 0 Å². The van der Waals surface area contributed by atoms with Gasteiger partial charge in [-0.15, -0.1) is 0 Å². The van der Waals surface area contributed by atoms with Gasteiger partial charge in [0.15, 0.2) is 0 Å². The van der Waals surface area contributed by atoms with Crippen LogP contribution in [0.2, 0.25) is 5.02 Å². The van der Waals surface area contributed by atoms with Gasteiger partial charge in [0.25, 0.3) is 5.91 Å². The summed E-state index contributed by atoms with van der Waals surface area (Å²) in [5.41, 5.74) is 0.795. The van der Waals surface area contributed by atoms with E-state index in [4.69, 9.17) is 21.1 Å². The van der Waals surface area contributed by atoms with Gasteiger partial charge < -0.3 is 19.9 Å². The second-order valence-electron chi connectivity index (χ2n) is 5.81. The molecule has 1 atom stereocenters. The quantitative estimate of drug-likeness (QED) is 0.728. The molecule has 0 aliphatic carbocycles. The van der Waals surface area contributed by atoms with E-state index in [9.17, 15) is 14.7 Å². The number of carboxylic acid groups (broad SMARTS) is 1. The zero-order chi connectivity index (χ0) is 19.2. The Balaban J connectivity index is 1.91. The summed E-state index contributed by atoms with van der Waals surface area (Å²) in [5, 5.41) is 12.2. The fraction of sp³-hybridized carbons (Fsp3) is 0.211. The fourth-order valence-electron chi connectivity index (χ4n) is 2.47. The number of nitrogens with zero attached hydrogens (tertiary/aromatic N) is 1. The highest BCUT2D eigenvalue weighted by molar-refractivity contribution is 6.34. The number of carbonyl (C=O) groups is 2. The molecule has 0 saturated heterocycles. The largest absolute Gasteiger partial charge is 0.490 e. The summed E-state index contributed by atoms with van der Waals surface area (Å²) in [6.07, 6.45) is 5.16. The molecule has 4 bridgehead atoms. The molecule has 2 aliphatic heterocycles. The normalized spacial score (nSPS) is 18.6. The molecule has 2 aromatic rings. The lowest BCUT2D eigenvalue weighted by Gasteiger charge is -2.16. The minimum absolute atomic E-state index is 0.0715. The molecule has 1 aromatic carbocycles. The maximum atomic E-state index is 12.6. The second kappa shape index (κ2) is 8.55. The lowest BCUT2D eigenvalue weighted by atomic mass is 10.1. The molecule has 8 heteroatoms. The average molecular weight is 389 g/mol. The van der Waals surface area contributed by atoms with Gasteiger partial charge in [-0.25, -0.2) is 9.78 Å². The van der Waals surface area contributed by atoms with Crippen molar-refractivity contribution >= 4 is 23.5 Å². The van der Waals surface area contributed by atoms with Crippen molar-refractivity contribution < 1.29 is 24.2 Å². The van der Waals surface area contributed by atoms with E-state index < -0.39 is 17.9 Å². The lowest BCUT2D eigenvalue weighted by molar-refractivity contribution is -0.139. The Bertz CT molecular complexity index is 867. The first-order valence-electron chi connectivity index (χ1n) is 8.21. The summed E-state index contributed by atoms with van der Waals surface area (Å²) >= 11 is 6.10. The summed E-state index contributed by atoms with van der Waals surface area (Å²) in [5.74, 6) is -0.886. The second-order valence-corrected chi connectivity index (χ2v) is 6.22. The van der Waals surface area contributed by atoms with Crippen molar-refractivity contribution in [2.45, 2.75) is 12.5 Å². The molecule has 1 aromatic heterocycles. The van der Waals surface area contributed by atoms with Crippen LogP contribution < -0.4 is 14.8 Å². The number of benzene rings is 1. The van der Waals surface area contributed by atoms with Gasteiger partial charge in [0.05, 0.1) is 10.6 Å². The van der Waals surface area contributed by atoms with Crippen molar-refractivity contribution in [3.8, 4) is 11.6 Å². The number of halogens is 1. The van der Waals surface area contributed by atoms with Crippen LogP contribution in [0.25, 0.3) is 0 Å². The first-order chi connectivity index (χ1) is 13.0. The molecule has 0 saturated carbocycles. The lowest BCUT2D eigenvalue weighted by Crippen LogP contribution is -2.42. The van der Waals surface area contributed by atoms with Gasteiger partial charge in [-0.3, -0.25) is 4.79 Å². The number of aromatic nitrogens is 1. The molecule has 140 valence electrons. The topological polar surface area (TPSA) is 97.8 Å². The van der Waals surface area contributed by atoms with E-state index in [0.29, 0.717) is 23.8 Å². The number of carbonyl (C=O) groups excluding carboxylic acids is 1. The Morgan fingerprint density at radius 3 is 2.67 bits per heavy atom. The van der Waals surface area contributed by atoms with Crippen molar-refractivity contribution in [2.75, 3.05) is 13.2 Å². The predicted octanol–water partition coefficient (Wildman–Crippen LogP) is 2.49. The summed E-state index contributed by atoms with van der Waals surface area (Å²) in [6, 6.07) is 6.88. The van der Waals surface area contributed by atoms with Crippen molar-refractivity contribution in [2.24, 2.45) is 0 Å². The van der Waals surface area contributed by atoms with Crippen molar-refractivity contribution in [1.82, 2.24) is 10.3 Å². The van der Waals surface area contributed by atoms with Gasteiger partial charge >= 0.3 is 5.97 Å². The molecule has 0 radical (unpaired) electrons. The van der Waals surface area contributed by atoms with Gasteiger partial charge in [0, 0.05) is 18.7 Å². The van der Waals surface area contributed by atoms with Crippen LogP contribution in [0.1, 0.15) is 15.9 Å². The van der Waals surface area contributed by atoms with Crippen molar-refractivity contribution in [1.29, 1.82) is 0 Å².